The highest BCUT2D eigenvalue weighted by Gasteiger charge is 2.18. The molecule has 1 aromatic heterocycles. The van der Waals surface area contributed by atoms with Crippen molar-refractivity contribution in [3.8, 4) is 0 Å². The number of thioether (sulfide) groups is 1. The lowest BCUT2D eigenvalue weighted by Crippen LogP contribution is -2.26. The van der Waals surface area contributed by atoms with E-state index in [-0.39, 0.29) is 12.4 Å². The van der Waals surface area contributed by atoms with Gasteiger partial charge < -0.3 is 9.30 Å². The van der Waals surface area contributed by atoms with Gasteiger partial charge in [-0.2, -0.15) is 5.10 Å². The fourth-order valence-corrected chi connectivity index (χ4v) is 3.07. The van der Waals surface area contributed by atoms with Gasteiger partial charge in [-0.05, 0) is 19.9 Å². The molecular formula is C15H23ClN4OS. The number of aromatic nitrogens is 1. The highest BCUT2D eigenvalue weighted by atomic mass is 35.5. The van der Waals surface area contributed by atoms with Gasteiger partial charge in [-0.3, -0.25) is 10.4 Å². The first-order chi connectivity index (χ1) is 10.2. The van der Waals surface area contributed by atoms with Crippen LogP contribution in [0.25, 0.3) is 0 Å². The van der Waals surface area contributed by atoms with Crippen molar-refractivity contribution in [1.82, 2.24) is 9.99 Å². The number of methoxy groups -OCH3 is 1. The summed E-state index contributed by atoms with van der Waals surface area (Å²) in [6, 6.07) is 2.19. The Balaban J connectivity index is 0.00000242. The van der Waals surface area contributed by atoms with E-state index in [1.54, 1.807) is 24.9 Å². The van der Waals surface area contributed by atoms with Gasteiger partial charge in [0.05, 0.1) is 18.9 Å². The van der Waals surface area contributed by atoms with Crippen LogP contribution in [0.1, 0.15) is 17.0 Å². The molecule has 0 aromatic carbocycles. The van der Waals surface area contributed by atoms with Gasteiger partial charge in [0.15, 0.2) is 5.17 Å². The maximum atomic E-state index is 5.17. The third-order valence-electron chi connectivity index (χ3n) is 3.40. The molecule has 0 fully saturated rings. The highest BCUT2D eigenvalue weighted by Crippen LogP contribution is 2.20. The van der Waals surface area contributed by atoms with E-state index in [1.807, 2.05) is 0 Å². The molecule has 22 heavy (non-hydrogen) atoms. The molecule has 2 heterocycles. The van der Waals surface area contributed by atoms with E-state index in [1.165, 1.54) is 17.0 Å². The molecule has 0 radical (unpaired) electrons. The summed E-state index contributed by atoms with van der Waals surface area (Å²) in [4.78, 5) is 4.34. The molecule has 0 saturated heterocycles. The van der Waals surface area contributed by atoms with Crippen molar-refractivity contribution in [3.63, 3.8) is 0 Å². The minimum atomic E-state index is 0. The summed E-state index contributed by atoms with van der Waals surface area (Å²) in [6.45, 7) is 10.1. The molecule has 7 heteroatoms. The van der Waals surface area contributed by atoms with Gasteiger partial charge in [-0.15, -0.1) is 19.0 Å². The average Bonchev–Trinajstić information content (AvgIpc) is 2.78. The Morgan fingerprint density at radius 1 is 1.55 bits per heavy atom. The van der Waals surface area contributed by atoms with Crippen LogP contribution >= 0.6 is 24.2 Å². The average molecular weight is 343 g/mol. The lowest BCUT2D eigenvalue weighted by molar-refractivity contribution is 0.186. The molecule has 122 valence electrons. The predicted octanol–water partition coefficient (Wildman–Crippen LogP) is 2.76. The van der Waals surface area contributed by atoms with E-state index in [0.29, 0.717) is 13.2 Å². The molecule has 0 unspecified atom stereocenters. The third kappa shape index (κ3) is 4.38. The van der Waals surface area contributed by atoms with Crippen molar-refractivity contribution in [2.75, 3.05) is 26.0 Å². The molecule has 0 bridgehead atoms. The standard InChI is InChI=1S/C15H22N4OS.ClH/c1-5-6-16-15-18-17-14(10-21-15)13-9-11(2)19(12(13)3)7-8-20-4;/h5,9H,1,6-8,10H2,2-4H3,(H,16,18);1H. The van der Waals surface area contributed by atoms with Gasteiger partial charge in [0, 0.05) is 36.4 Å². The van der Waals surface area contributed by atoms with Crippen LogP contribution < -0.4 is 5.43 Å². The lowest BCUT2D eigenvalue weighted by atomic mass is 10.1. The number of rotatable bonds is 6. The minimum absolute atomic E-state index is 0. The van der Waals surface area contributed by atoms with Crippen molar-refractivity contribution >= 4 is 35.0 Å². The largest absolute Gasteiger partial charge is 0.383 e. The topological polar surface area (TPSA) is 50.9 Å². The number of aryl methyl sites for hydroxylation is 1. The Kier molecular flexibility index (Phi) is 7.72. The number of nitrogens with one attached hydrogen (secondary N) is 1. The second kappa shape index (κ2) is 9.02. The number of amidine groups is 1. The Labute approximate surface area is 142 Å². The van der Waals surface area contributed by atoms with E-state index < -0.39 is 0 Å². The summed E-state index contributed by atoms with van der Waals surface area (Å²) >= 11 is 1.67. The predicted molar refractivity (Wildman–Crippen MR) is 97.7 cm³/mol. The smallest absolute Gasteiger partial charge is 0.177 e. The van der Waals surface area contributed by atoms with Gasteiger partial charge in [0.1, 0.15) is 0 Å². The molecule has 1 aromatic rings. The Bertz CT molecular complexity index is 580. The summed E-state index contributed by atoms with van der Waals surface area (Å²) in [5.41, 5.74) is 7.75. The van der Waals surface area contributed by atoms with E-state index in [4.69, 9.17) is 4.74 Å². The fourth-order valence-electron chi connectivity index (χ4n) is 2.30. The first-order valence-electron chi connectivity index (χ1n) is 6.94. The number of hydrazone groups is 1. The SMILES string of the molecule is C=CCN=C1NN=C(c2cc(C)n(CCOC)c2C)CS1.Cl. The lowest BCUT2D eigenvalue weighted by Gasteiger charge is -2.15. The zero-order valence-corrected chi connectivity index (χ0v) is 14.9. The van der Waals surface area contributed by atoms with E-state index >= 15 is 0 Å². The maximum Gasteiger partial charge on any atom is 0.177 e. The molecule has 1 aliphatic rings. The second-order valence-electron chi connectivity index (χ2n) is 4.82. The first kappa shape index (κ1) is 18.8. The van der Waals surface area contributed by atoms with E-state index in [2.05, 4.69) is 46.6 Å². The molecule has 0 saturated carbocycles. The van der Waals surface area contributed by atoms with Crippen LogP contribution in [0.2, 0.25) is 0 Å². The molecule has 1 N–H and O–H groups in total. The third-order valence-corrected chi connectivity index (χ3v) is 4.31. The van der Waals surface area contributed by atoms with Crippen LogP contribution in [-0.4, -0.2) is 41.5 Å². The summed E-state index contributed by atoms with van der Waals surface area (Å²) in [6.07, 6.45) is 1.78. The van der Waals surface area contributed by atoms with Crippen LogP contribution in [0.5, 0.6) is 0 Å². The van der Waals surface area contributed by atoms with Crippen molar-refractivity contribution in [2.45, 2.75) is 20.4 Å². The molecule has 0 amide bonds. The minimum Gasteiger partial charge on any atom is -0.383 e. The molecular weight excluding hydrogens is 320 g/mol. The zero-order valence-electron chi connectivity index (χ0n) is 13.3. The van der Waals surface area contributed by atoms with Gasteiger partial charge in [-0.25, -0.2) is 0 Å². The number of ether oxygens (including phenoxy) is 1. The number of aliphatic imine (C=N–C) groups is 1. The van der Waals surface area contributed by atoms with Crippen molar-refractivity contribution in [1.29, 1.82) is 0 Å². The quantitative estimate of drug-likeness (QED) is 0.809. The molecule has 0 atom stereocenters. The number of hydrogen-bond donors (Lipinski definition) is 1. The van der Waals surface area contributed by atoms with Crippen LogP contribution in [-0.2, 0) is 11.3 Å². The van der Waals surface area contributed by atoms with Crippen molar-refractivity contribution in [3.05, 3.63) is 35.7 Å². The molecule has 0 spiro atoms. The summed E-state index contributed by atoms with van der Waals surface area (Å²) in [7, 11) is 1.73. The Morgan fingerprint density at radius 2 is 2.32 bits per heavy atom. The van der Waals surface area contributed by atoms with Gasteiger partial charge in [0.25, 0.3) is 0 Å². The molecule has 5 nitrogen and oxygen atoms in total. The van der Waals surface area contributed by atoms with Gasteiger partial charge in [0.2, 0.25) is 0 Å². The number of halogens is 1. The van der Waals surface area contributed by atoms with Crippen LogP contribution in [0, 0.1) is 13.8 Å². The second-order valence-corrected chi connectivity index (χ2v) is 5.79. The number of hydrogen-bond acceptors (Lipinski definition) is 4. The fraction of sp³-hybridized carbons (Fsp3) is 0.467. The van der Waals surface area contributed by atoms with Crippen molar-refractivity contribution in [2.24, 2.45) is 10.1 Å². The van der Waals surface area contributed by atoms with Crippen LogP contribution in [0.4, 0.5) is 0 Å². The van der Waals surface area contributed by atoms with Crippen molar-refractivity contribution < 1.29 is 4.74 Å². The zero-order chi connectivity index (χ0) is 15.2. The maximum absolute atomic E-state index is 5.17. The van der Waals surface area contributed by atoms with Crippen LogP contribution in [0.15, 0.2) is 28.8 Å². The molecule has 2 rings (SSSR count). The monoisotopic (exact) mass is 342 g/mol. The van der Waals surface area contributed by atoms with Gasteiger partial charge >= 0.3 is 0 Å². The Morgan fingerprint density at radius 3 is 2.91 bits per heavy atom. The summed E-state index contributed by atoms with van der Waals surface area (Å²) in [5, 5.41) is 5.32. The van der Waals surface area contributed by atoms with E-state index in [9.17, 15) is 0 Å². The normalized spacial score (nSPS) is 16.0. The van der Waals surface area contributed by atoms with Crippen LogP contribution in [0.3, 0.4) is 0 Å². The molecule has 1 aliphatic heterocycles. The highest BCUT2D eigenvalue weighted by molar-refractivity contribution is 8.14. The van der Waals surface area contributed by atoms with E-state index in [0.717, 1.165) is 23.2 Å². The Hall–Kier alpha value is -1.24. The molecule has 0 aliphatic carbocycles. The summed E-state index contributed by atoms with van der Waals surface area (Å²) < 4.78 is 7.44. The number of nitrogens with zero attached hydrogens (tertiary/aromatic N) is 3. The first-order valence-corrected chi connectivity index (χ1v) is 7.92. The summed E-state index contributed by atoms with van der Waals surface area (Å²) in [5.74, 6) is 0.831. The van der Waals surface area contributed by atoms with Gasteiger partial charge in [-0.1, -0.05) is 17.8 Å².